The number of nitrogens with zero attached hydrogens (tertiary/aromatic N) is 1. The molecule has 1 heterocycles. The quantitative estimate of drug-likeness (QED) is 0.256. The number of nitrogens with one attached hydrogen (secondary N) is 2. The van der Waals surface area contributed by atoms with E-state index < -0.39 is 0 Å². The van der Waals surface area contributed by atoms with Crippen LogP contribution in [0.4, 0.5) is 0 Å². The summed E-state index contributed by atoms with van der Waals surface area (Å²) in [5.41, 5.74) is 9.71. The van der Waals surface area contributed by atoms with Gasteiger partial charge in [0.1, 0.15) is 0 Å². The van der Waals surface area contributed by atoms with Gasteiger partial charge in [-0.15, -0.1) is 24.0 Å². The van der Waals surface area contributed by atoms with Crippen LogP contribution in [0.5, 0.6) is 0 Å². The summed E-state index contributed by atoms with van der Waals surface area (Å²) >= 11 is 0. The van der Waals surface area contributed by atoms with Gasteiger partial charge in [0.2, 0.25) is 0 Å². The van der Waals surface area contributed by atoms with Crippen LogP contribution >= 0.6 is 24.0 Å². The van der Waals surface area contributed by atoms with Crippen molar-refractivity contribution < 1.29 is 0 Å². The number of unbranched alkanes of at least 4 members (excludes halogenated alkanes) is 3. The standard InChI is InChI=1S/C18H28N4.HI/c1-3-4-5-8-12-20-18(19)21-13-11-15-14(2)22-17-10-7-6-9-16(15)17;/h6-7,9-10,22H,3-5,8,11-13H2,1-2H3,(H3,19,20,21);1H. The van der Waals surface area contributed by atoms with Crippen LogP contribution in [0.15, 0.2) is 29.3 Å². The number of guanidine groups is 1. The largest absolute Gasteiger partial charge is 0.370 e. The molecule has 128 valence electrons. The van der Waals surface area contributed by atoms with Crippen molar-refractivity contribution in [3.05, 3.63) is 35.5 Å². The Balaban J connectivity index is 0.00000264. The second-order valence-corrected chi connectivity index (χ2v) is 5.78. The summed E-state index contributed by atoms with van der Waals surface area (Å²) in [6.07, 6.45) is 5.84. The Kier molecular flexibility index (Phi) is 9.06. The summed E-state index contributed by atoms with van der Waals surface area (Å²) in [5.74, 6) is 0.564. The van der Waals surface area contributed by atoms with E-state index in [0.29, 0.717) is 5.96 Å². The van der Waals surface area contributed by atoms with Gasteiger partial charge in [-0.3, -0.25) is 4.99 Å². The van der Waals surface area contributed by atoms with E-state index in [2.05, 4.69) is 53.4 Å². The zero-order valence-corrected chi connectivity index (χ0v) is 16.5. The molecular formula is C18H29IN4. The van der Waals surface area contributed by atoms with Crippen molar-refractivity contribution in [3.8, 4) is 0 Å². The lowest BCUT2D eigenvalue weighted by Gasteiger charge is -2.06. The first-order valence-electron chi connectivity index (χ1n) is 8.32. The number of para-hydroxylation sites is 1. The maximum atomic E-state index is 5.91. The Morgan fingerprint density at radius 1 is 1.22 bits per heavy atom. The van der Waals surface area contributed by atoms with Crippen LogP contribution in [0.1, 0.15) is 43.9 Å². The Morgan fingerprint density at radius 2 is 2.00 bits per heavy atom. The van der Waals surface area contributed by atoms with E-state index in [1.807, 2.05) is 0 Å². The number of rotatable bonds is 8. The maximum absolute atomic E-state index is 5.91. The van der Waals surface area contributed by atoms with Crippen LogP contribution in [-0.4, -0.2) is 24.0 Å². The first-order chi connectivity index (χ1) is 10.7. The minimum absolute atomic E-state index is 0. The third-order valence-electron chi connectivity index (χ3n) is 4.00. The van der Waals surface area contributed by atoms with E-state index in [-0.39, 0.29) is 24.0 Å². The molecule has 0 saturated carbocycles. The first kappa shape index (κ1) is 19.8. The summed E-state index contributed by atoms with van der Waals surface area (Å²) in [6, 6.07) is 8.42. The Hall–Kier alpha value is -1.24. The zero-order chi connectivity index (χ0) is 15.8. The van der Waals surface area contributed by atoms with Crippen molar-refractivity contribution in [2.75, 3.05) is 13.1 Å². The summed E-state index contributed by atoms with van der Waals surface area (Å²) in [7, 11) is 0. The molecule has 4 nitrogen and oxygen atoms in total. The fourth-order valence-corrected chi connectivity index (χ4v) is 2.77. The van der Waals surface area contributed by atoms with Crippen molar-refractivity contribution in [2.45, 2.75) is 46.0 Å². The molecule has 4 N–H and O–H groups in total. The fraction of sp³-hybridized carbons (Fsp3) is 0.500. The van der Waals surface area contributed by atoms with Crippen molar-refractivity contribution in [1.29, 1.82) is 0 Å². The highest BCUT2D eigenvalue weighted by atomic mass is 127. The third kappa shape index (κ3) is 6.05. The predicted octanol–water partition coefficient (Wildman–Crippen LogP) is 4.12. The molecule has 0 atom stereocenters. The van der Waals surface area contributed by atoms with Gasteiger partial charge in [-0.25, -0.2) is 0 Å². The van der Waals surface area contributed by atoms with Crippen LogP contribution in [0, 0.1) is 6.92 Å². The molecule has 0 aliphatic rings. The molecule has 0 bridgehead atoms. The van der Waals surface area contributed by atoms with Crippen LogP contribution in [-0.2, 0) is 6.42 Å². The Labute approximate surface area is 156 Å². The van der Waals surface area contributed by atoms with Gasteiger partial charge in [-0.2, -0.15) is 0 Å². The molecule has 0 fully saturated rings. The number of fused-ring (bicyclic) bond motifs is 1. The van der Waals surface area contributed by atoms with E-state index in [1.54, 1.807) is 0 Å². The van der Waals surface area contributed by atoms with E-state index in [9.17, 15) is 0 Å². The zero-order valence-electron chi connectivity index (χ0n) is 14.2. The lowest BCUT2D eigenvalue weighted by molar-refractivity contribution is 0.673. The smallest absolute Gasteiger partial charge is 0.188 e. The molecular weight excluding hydrogens is 399 g/mol. The van der Waals surface area contributed by atoms with Crippen LogP contribution in [0.3, 0.4) is 0 Å². The molecule has 0 radical (unpaired) electrons. The second-order valence-electron chi connectivity index (χ2n) is 5.78. The number of nitrogens with two attached hydrogens (primary N) is 1. The van der Waals surface area contributed by atoms with Crippen molar-refractivity contribution >= 4 is 40.8 Å². The Morgan fingerprint density at radius 3 is 2.78 bits per heavy atom. The number of benzene rings is 1. The normalized spacial score (nSPS) is 11.5. The van der Waals surface area contributed by atoms with Gasteiger partial charge in [-0.05, 0) is 31.4 Å². The molecule has 5 heteroatoms. The molecule has 1 aromatic heterocycles. The molecule has 23 heavy (non-hydrogen) atoms. The molecule has 2 aromatic rings. The van der Waals surface area contributed by atoms with Gasteiger partial charge in [0.25, 0.3) is 0 Å². The highest BCUT2D eigenvalue weighted by Gasteiger charge is 2.07. The van der Waals surface area contributed by atoms with Gasteiger partial charge < -0.3 is 16.0 Å². The molecule has 0 unspecified atom stereocenters. The van der Waals surface area contributed by atoms with E-state index in [4.69, 9.17) is 5.73 Å². The van der Waals surface area contributed by atoms with Crippen molar-refractivity contribution in [2.24, 2.45) is 10.7 Å². The number of hydrogen-bond acceptors (Lipinski definition) is 1. The number of H-pyrrole nitrogens is 1. The highest BCUT2D eigenvalue weighted by molar-refractivity contribution is 14.0. The molecule has 0 amide bonds. The first-order valence-corrected chi connectivity index (χ1v) is 8.32. The maximum Gasteiger partial charge on any atom is 0.188 e. The predicted molar refractivity (Wildman–Crippen MR) is 111 cm³/mol. The number of hydrogen-bond donors (Lipinski definition) is 3. The average molecular weight is 428 g/mol. The topological polar surface area (TPSA) is 66.2 Å². The molecule has 2 rings (SSSR count). The minimum atomic E-state index is 0. The number of aryl methyl sites for hydroxylation is 1. The van der Waals surface area contributed by atoms with Gasteiger partial charge in [-0.1, -0.05) is 44.4 Å². The van der Waals surface area contributed by atoms with E-state index >= 15 is 0 Å². The summed E-state index contributed by atoms with van der Waals surface area (Å²) < 4.78 is 0. The lowest BCUT2D eigenvalue weighted by atomic mass is 10.1. The van der Waals surface area contributed by atoms with Crippen LogP contribution in [0.25, 0.3) is 10.9 Å². The third-order valence-corrected chi connectivity index (χ3v) is 4.00. The number of aromatic nitrogens is 1. The number of halogens is 1. The monoisotopic (exact) mass is 428 g/mol. The number of aliphatic imine (C=N–C) groups is 1. The summed E-state index contributed by atoms with van der Waals surface area (Å²) in [4.78, 5) is 7.80. The summed E-state index contributed by atoms with van der Waals surface area (Å²) in [6.45, 7) is 5.98. The Bertz CT molecular complexity index is 619. The minimum Gasteiger partial charge on any atom is -0.370 e. The number of aromatic amines is 1. The second kappa shape index (κ2) is 10.5. The molecule has 0 saturated heterocycles. The van der Waals surface area contributed by atoms with Gasteiger partial charge in [0.05, 0.1) is 0 Å². The molecule has 1 aromatic carbocycles. The van der Waals surface area contributed by atoms with Crippen LogP contribution < -0.4 is 11.1 Å². The van der Waals surface area contributed by atoms with Gasteiger partial charge in [0.15, 0.2) is 5.96 Å². The van der Waals surface area contributed by atoms with Crippen molar-refractivity contribution in [1.82, 2.24) is 10.3 Å². The molecule has 0 spiro atoms. The van der Waals surface area contributed by atoms with Gasteiger partial charge in [0, 0.05) is 29.7 Å². The SMILES string of the molecule is CCCCCCN=C(N)NCCc1c(C)[nH]c2ccccc12.I. The average Bonchev–Trinajstić information content (AvgIpc) is 2.83. The van der Waals surface area contributed by atoms with Gasteiger partial charge >= 0.3 is 0 Å². The molecule has 0 aliphatic carbocycles. The van der Waals surface area contributed by atoms with E-state index in [0.717, 1.165) is 25.9 Å². The van der Waals surface area contributed by atoms with E-state index in [1.165, 1.54) is 41.4 Å². The van der Waals surface area contributed by atoms with Crippen LogP contribution in [0.2, 0.25) is 0 Å². The summed E-state index contributed by atoms with van der Waals surface area (Å²) in [5, 5.41) is 4.52. The van der Waals surface area contributed by atoms with Crippen molar-refractivity contribution in [3.63, 3.8) is 0 Å². The highest BCUT2D eigenvalue weighted by Crippen LogP contribution is 2.21. The lowest BCUT2D eigenvalue weighted by Crippen LogP contribution is -2.33. The fourth-order valence-electron chi connectivity index (χ4n) is 2.77. The molecule has 0 aliphatic heterocycles.